The second kappa shape index (κ2) is 8.90. The SMILES string of the molecule is CCNC(=O)N1CCN(C(=O)c2ccc(COc3ccc4ccccc4c3)o2)CC1. The van der Waals surface area contributed by atoms with E-state index in [0.29, 0.717) is 44.2 Å². The maximum Gasteiger partial charge on any atom is 0.317 e. The van der Waals surface area contributed by atoms with Crippen LogP contribution in [0.1, 0.15) is 23.2 Å². The van der Waals surface area contributed by atoms with Crippen LogP contribution in [-0.2, 0) is 6.61 Å². The number of piperazine rings is 1. The van der Waals surface area contributed by atoms with E-state index in [4.69, 9.17) is 9.15 Å². The first-order valence-electron chi connectivity index (χ1n) is 10.2. The smallest absolute Gasteiger partial charge is 0.317 e. The van der Waals surface area contributed by atoms with E-state index in [1.54, 1.807) is 21.9 Å². The Kier molecular flexibility index (Phi) is 5.88. The van der Waals surface area contributed by atoms with Crippen molar-refractivity contribution in [3.63, 3.8) is 0 Å². The minimum Gasteiger partial charge on any atom is -0.486 e. The van der Waals surface area contributed by atoms with Crippen molar-refractivity contribution in [2.45, 2.75) is 13.5 Å². The lowest BCUT2D eigenvalue weighted by Gasteiger charge is -2.34. The highest BCUT2D eigenvalue weighted by Crippen LogP contribution is 2.22. The Morgan fingerprint density at radius 3 is 2.47 bits per heavy atom. The Labute approximate surface area is 175 Å². The third kappa shape index (κ3) is 4.40. The van der Waals surface area contributed by atoms with E-state index in [0.717, 1.165) is 16.5 Å². The van der Waals surface area contributed by atoms with Crippen LogP contribution in [0.2, 0.25) is 0 Å². The largest absolute Gasteiger partial charge is 0.486 e. The molecule has 0 bridgehead atoms. The lowest BCUT2D eigenvalue weighted by Crippen LogP contribution is -2.53. The van der Waals surface area contributed by atoms with E-state index in [-0.39, 0.29) is 18.5 Å². The topological polar surface area (TPSA) is 75.0 Å². The molecule has 7 heteroatoms. The average molecular weight is 407 g/mol. The summed E-state index contributed by atoms with van der Waals surface area (Å²) in [6, 6.07) is 17.4. The van der Waals surface area contributed by atoms with Crippen molar-refractivity contribution in [1.29, 1.82) is 0 Å². The molecule has 0 radical (unpaired) electrons. The van der Waals surface area contributed by atoms with Gasteiger partial charge < -0.3 is 24.3 Å². The number of carbonyl (C=O) groups is 2. The lowest BCUT2D eigenvalue weighted by molar-refractivity contribution is 0.0630. The molecule has 0 saturated carbocycles. The van der Waals surface area contributed by atoms with Gasteiger partial charge in [0.2, 0.25) is 0 Å². The van der Waals surface area contributed by atoms with Crippen LogP contribution in [0.4, 0.5) is 4.79 Å². The van der Waals surface area contributed by atoms with Crippen molar-refractivity contribution in [3.8, 4) is 5.75 Å². The van der Waals surface area contributed by atoms with Gasteiger partial charge in [-0.25, -0.2) is 4.79 Å². The number of nitrogens with zero attached hydrogens (tertiary/aromatic N) is 2. The third-order valence-electron chi connectivity index (χ3n) is 5.16. The molecule has 0 unspecified atom stereocenters. The van der Waals surface area contributed by atoms with E-state index in [2.05, 4.69) is 11.4 Å². The van der Waals surface area contributed by atoms with Crippen LogP contribution >= 0.6 is 0 Å². The fourth-order valence-electron chi connectivity index (χ4n) is 3.51. The first kappa shape index (κ1) is 19.8. The maximum absolute atomic E-state index is 12.7. The van der Waals surface area contributed by atoms with Crippen LogP contribution in [0.5, 0.6) is 5.75 Å². The number of amides is 3. The quantitative estimate of drug-likeness (QED) is 0.702. The van der Waals surface area contributed by atoms with Gasteiger partial charge in [0.25, 0.3) is 5.91 Å². The molecular formula is C23H25N3O4. The molecule has 1 N–H and O–H groups in total. The minimum absolute atomic E-state index is 0.0873. The molecule has 1 fully saturated rings. The lowest BCUT2D eigenvalue weighted by atomic mass is 10.1. The molecule has 1 saturated heterocycles. The van der Waals surface area contributed by atoms with Crippen molar-refractivity contribution in [3.05, 3.63) is 66.1 Å². The average Bonchev–Trinajstić information content (AvgIpc) is 3.26. The Morgan fingerprint density at radius 1 is 0.967 bits per heavy atom. The Hall–Kier alpha value is -3.48. The van der Waals surface area contributed by atoms with Gasteiger partial charge in [-0.3, -0.25) is 4.79 Å². The zero-order chi connectivity index (χ0) is 20.9. The Bertz CT molecular complexity index is 1040. The highest BCUT2D eigenvalue weighted by molar-refractivity contribution is 5.91. The van der Waals surface area contributed by atoms with Gasteiger partial charge in [0.1, 0.15) is 18.1 Å². The molecule has 4 rings (SSSR count). The van der Waals surface area contributed by atoms with E-state index >= 15 is 0 Å². The molecule has 2 heterocycles. The number of fused-ring (bicyclic) bond motifs is 1. The summed E-state index contributed by atoms with van der Waals surface area (Å²) in [5.74, 6) is 1.47. The number of urea groups is 1. The molecule has 7 nitrogen and oxygen atoms in total. The Morgan fingerprint density at radius 2 is 1.70 bits per heavy atom. The number of nitrogens with one attached hydrogen (secondary N) is 1. The van der Waals surface area contributed by atoms with Gasteiger partial charge in [-0.1, -0.05) is 30.3 Å². The summed E-state index contributed by atoms with van der Waals surface area (Å²) in [5, 5.41) is 5.05. The molecule has 1 aromatic heterocycles. The summed E-state index contributed by atoms with van der Waals surface area (Å²) in [5.41, 5.74) is 0. The molecule has 0 atom stereocenters. The molecule has 3 amide bonds. The number of rotatable bonds is 5. The number of carbonyl (C=O) groups excluding carboxylic acids is 2. The van der Waals surface area contributed by atoms with Crippen LogP contribution in [0, 0.1) is 0 Å². The Balaban J connectivity index is 1.32. The maximum atomic E-state index is 12.7. The van der Waals surface area contributed by atoms with Crippen LogP contribution in [-0.4, -0.2) is 54.5 Å². The van der Waals surface area contributed by atoms with E-state index in [1.165, 1.54) is 0 Å². The van der Waals surface area contributed by atoms with E-state index < -0.39 is 0 Å². The number of benzene rings is 2. The van der Waals surface area contributed by atoms with Crippen molar-refractivity contribution >= 4 is 22.7 Å². The number of furan rings is 1. The molecule has 0 spiro atoms. The molecule has 1 aliphatic rings. The minimum atomic E-state index is -0.164. The highest BCUT2D eigenvalue weighted by Gasteiger charge is 2.26. The normalized spacial score (nSPS) is 14.0. The molecule has 156 valence electrons. The van der Waals surface area contributed by atoms with Gasteiger partial charge in [-0.15, -0.1) is 0 Å². The van der Waals surface area contributed by atoms with Crippen LogP contribution in [0.15, 0.2) is 59.0 Å². The van der Waals surface area contributed by atoms with Crippen LogP contribution in [0.25, 0.3) is 10.8 Å². The summed E-state index contributed by atoms with van der Waals surface area (Å²) in [6.45, 7) is 4.71. The van der Waals surface area contributed by atoms with Gasteiger partial charge in [0, 0.05) is 32.7 Å². The standard InChI is InChI=1S/C23H25N3O4/c1-2-24-23(28)26-13-11-25(12-14-26)22(27)21-10-9-20(30-21)16-29-19-8-7-17-5-3-4-6-18(17)15-19/h3-10,15H,2,11-14,16H2,1H3,(H,24,28). The molecular weight excluding hydrogens is 382 g/mol. The molecule has 0 aliphatic carbocycles. The fraction of sp³-hybridized carbons (Fsp3) is 0.304. The van der Waals surface area contributed by atoms with Gasteiger partial charge >= 0.3 is 6.03 Å². The first-order chi connectivity index (χ1) is 14.6. The van der Waals surface area contributed by atoms with Gasteiger partial charge in [-0.05, 0) is 42.0 Å². The van der Waals surface area contributed by atoms with Gasteiger partial charge in [0.05, 0.1) is 0 Å². The molecule has 2 aromatic carbocycles. The number of hydrogen-bond donors (Lipinski definition) is 1. The summed E-state index contributed by atoms with van der Waals surface area (Å²) in [4.78, 5) is 28.0. The second-order valence-electron chi connectivity index (χ2n) is 7.18. The second-order valence-corrected chi connectivity index (χ2v) is 7.18. The summed E-state index contributed by atoms with van der Waals surface area (Å²) in [6.07, 6.45) is 0. The molecule has 30 heavy (non-hydrogen) atoms. The monoisotopic (exact) mass is 407 g/mol. The predicted octanol–water partition coefficient (Wildman–Crippen LogP) is 3.50. The third-order valence-corrected chi connectivity index (χ3v) is 5.16. The van der Waals surface area contributed by atoms with E-state index in [1.807, 2.05) is 43.3 Å². The van der Waals surface area contributed by atoms with Crippen molar-refractivity contribution in [2.75, 3.05) is 32.7 Å². The van der Waals surface area contributed by atoms with Crippen molar-refractivity contribution < 1.29 is 18.7 Å². The predicted molar refractivity (Wildman–Crippen MR) is 114 cm³/mol. The van der Waals surface area contributed by atoms with Gasteiger partial charge in [0.15, 0.2) is 5.76 Å². The van der Waals surface area contributed by atoms with Crippen LogP contribution in [0.3, 0.4) is 0 Å². The number of hydrogen-bond acceptors (Lipinski definition) is 4. The first-order valence-corrected chi connectivity index (χ1v) is 10.2. The van der Waals surface area contributed by atoms with Gasteiger partial charge in [-0.2, -0.15) is 0 Å². The van der Waals surface area contributed by atoms with Crippen molar-refractivity contribution in [1.82, 2.24) is 15.1 Å². The summed E-state index contributed by atoms with van der Waals surface area (Å²) in [7, 11) is 0. The zero-order valence-electron chi connectivity index (χ0n) is 17.0. The summed E-state index contributed by atoms with van der Waals surface area (Å²) >= 11 is 0. The zero-order valence-corrected chi connectivity index (χ0v) is 17.0. The van der Waals surface area contributed by atoms with E-state index in [9.17, 15) is 9.59 Å². The van der Waals surface area contributed by atoms with Crippen molar-refractivity contribution in [2.24, 2.45) is 0 Å². The van der Waals surface area contributed by atoms with Crippen LogP contribution < -0.4 is 10.1 Å². The number of ether oxygens (including phenoxy) is 1. The molecule has 3 aromatic rings. The highest BCUT2D eigenvalue weighted by atomic mass is 16.5. The fourth-order valence-corrected chi connectivity index (χ4v) is 3.51. The molecule has 1 aliphatic heterocycles. The summed E-state index contributed by atoms with van der Waals surface area (Å²) < 4.78 is 11.5.